The molecule has 0 saturated carbocycles. The standard InChI is InChI=1S/C37H34N/c1-21-15-22(2)34(23(3)16-21)30-19-33(38(6)20-24(30)4)35-25(5)31-17-26-11-7-9-13-28(26)36(31)32-18-27-12-8-10-14-29(27)37(32)35/h7-16,19-20H,17-18H2,1-6H3/q+1/i2D3,3D3,4D3. The molecule has 1 heteroatoms. The van der Waals surface area contributed by atoms with Crippen LogP contribution < -0.4 is 4.57 Å². The molecule has 0 spiro atoms. The first-order chi connectivity index (χ1) is 22.0. The number of hydrogen-bond acceptors (Lipinski definition) is 0. The largest absolute Gasteiger partial charge is 0.213 e. The predicted molar refractivity (Wildman–Crippen MR) is 159 cm³/mol. The molecule has 0 unspecified atom stereocenters. The lowest BCUT2D eigenvalue weighted by Crippen LogP contribution is -2.32. The normalized spacial score (nSPS) is 17.3. The molecule has 0 radical (unpaired) electrons. The lowest BCUT2D eigenvalue weighted by molar-refractivity contribution is -0.660. The summed E-state index contributed by atoms with van der Waals surface area (Å²) >= 11 is 0. The van der Waals surface area contributed by atoms with Crippen molar-refractivity contribution in [3.8, 4) is 44.6 Å². The third-order valence-corrected chi connectivity index (χ3v) is 8.37. The van der Waals surface area contributed by atoms with Gasteiger partial charge in [-0.25, -0.2) is 4.57 Å². The van der Waals surface area contributed by atoms with Gasteiger partial charge in [0.2, 0.25) is 5.69 Å². The van der Waals surface area contributed by atoms with Crippen LogP contribution in [-0.4, -0.2) is 0 Å². The highest BCUT2D eigenvalue weighted by atomic mass is 14.9. The van der Waals surface area contributed by atoms with Crippen molar-refractivity contribution in [3.05, 3.63) is 123 Å². The van der Waals surface area contributed by atoms with Crippen LogP contribution in [0.4, 0.5) is 0 Å². The van der Waals surface area contributed by atoms with E-state index in [0.29, 0.717) is 11.3 Å². The molecule has 186 valence electrons. The molecule has 0 bridgehead atoms. The molecule has 0 amide bonds. The van der Waals surface area contributed by atoms with Gasteiger partial charge in [-0.05, 0) is 114 Å². The zero-order valence-corrected chi connectivity index (χ0v) is 21.8. The van der Waals surface area contributed by atoms with E-state index in [1.165, 1.54) is 51.7 Å². The number of aromatic nitrogens is 1. The summed E-state index contributed by atoms with van der Waals surface area (Å²) in [6.07, 6.45) is 3.05. The summed E-state index contributed by atoms with van der Waals surface area (Å²) in [4.78, 5) is 0. The Bertz CT molecular complexity index is 2100. The van der Waals surface area contributed by atoms with Crippen LogP contribution in [0.2, 0.25) is 0 Å². The van der Waals surface area contributed by atoms with E-state index in [1.807, 2.05) is 12.1 Å². The smallest absolute Gasteiger partial charge is 0.201 e. The SMILES string of the molecule is [2H]C([2H])([2H])c1c[n+](C)c(-c2c(C)c3c(c4c2-c2ccccc2C4)-c2ccccc2C3)cc1-c1c(C([2H])([2H])[2H])cc(C)cc1C([2H])([2H])[2H]. The summed E-state index contributed by atoms with van der Waals surface area (Å²) in [7, 11) is 1.80. The van der Waals surface area contributed by atoms with Crippen LogP contribution in [0.5, 0.6) is 0 Å². The van der Waals surface area contributed by atoms with Gasteiger partial charge in [-0.1, -0.05) is 66.2 Å². The summed E-state index contributed by atoms with van der Waals surface area (Å²) in [6, 6.07) is 21.4. The van der Waals surface area contributed by atoms with Gasteiger partial charge in [-0.3, -0.25) is 0 Å². The Kier molecular flexibility index (Phi) is 3.36. The summed E-state index contributed by atoms with van der Waals surface area (Å²) in [5.74, 6) is 0. The van der Waals surface area contributed by atoms with Crippen molar-refractivity contribution >= 4 is 0 Å². The van der Waals surface area contributed by atoms with Gasteiger partial charge in [0.1, 0.15) is 7.05 Å². The third kappa shape index (κ3) is 3.21. The fraction of sp³-hybridized carbons (Fsp3) is 0.216. The van der Waals surface area contributed by atoms with Gasteiger partial charge in [0, 0.05) is 29.5 Å². The highest BCUT2D eigenvalue weighted by Gasteiger charge is 2.35. The molecule has 4 aromatic carbocycles. The molecule has 0 N–H and O–H groups in total. The predicted octanol–water partition coefficient (Wildman–Crippen LogP) is 8.53. The number of benzene rings is 4. The fourth-order valence-corrected chi connectivity index (χ4v) is 6.72. The van der Waals surface area contributed by atoms with Crippen LogP contribution >= 0.6 is 0 Å². The van der Waals surface area contributed by atoms with Crippen LogP contribution in [0, 0.1) is 34.4 Å². The van der Waals surface area contributed by atoms with Gasteiger partial charge in [-0.15, -0.1) is 0 Å². The van der Waals surface area contributed by atoms with Crippen molar-refractivity contribution in [1.82, 2.24) is 0 Å². The van der Waals surface area contributed by atoms with Crippen LogP contribution in [0.15, 0.2) is 72.9 Å². The zero-order valence-electron chi connectivity index (χ0n) is 30.8. The average molecular weight is 502 g/mol. The molecular formula is C37H34N+. The van der Waals surface area contributed by atoms with Crippen molar-refractivity contribution in [2.45, 2.75) is 47.2 Å². The zero-order chi connectivity index (χ0) is 33.8. The molecule has 38 heavy (non-hydrogen) atoms. The van der Waals surface area contributed by atoms with E-state index in [1.54, 1.807) is 24.6 Å². The Hall–Kier alpha value is -3.97. The van der Waals surface area contributed by atoms with Crippen LogP contribution in [-0.2, 0) is 19.9 Å². The van der Waals surface area contributed by atoms with Crippen LogP contribution in [0.25, 0.3) is 44.6 Å². The minimum absolute atomic E-state index is 0.0631. The van der Waals surface area contributed by atoms with Gasteiger partial charge in [0.05, 0.1) is 5.56 Å². The third-order valence-electron chi connectivity index (χ3n) is 8.37. The Morgan fingerprint density at radius 2 is 1.24 bits per heavy atom. The van der Waals surface area contributed by atoms with E-state index in [4.69, 9.17) is 12.3 Å². The van der Waals surface area contributed by atoms with E-state index >= 15 is 0 Å². The van der Waals surface area contributed by atoms with Crippen molar-refractivity contribution in [2.75, 3.05) is 0 Å². The molecule has 0 fully saturated rings. The van der Waals surface area contributed by atoms with Crippen molar-refractivity contribution in [2.24, 2.45) is 7.05 Å². The first kappa shape index (κ1) is 15.4. The Morgan fingerprint density at radius 1 is 0.632 bits per heavy atom. The van der Waals surface area contributed by atoms with Gasteiger partial charge >= 0.3 is 0 Å². The minimum Gasteiger partial charge on any atom is -0.201 e. The van der Waals surface area contributed by atoms with Gasteiger partial charge in [0.15, 0.2) is 6.20 Å². The fourth-order valence-electron chi connectivity index (χ4n) is 6.72. The summed E-state index contributed by atoms with van der Waals surface area (Å²) in [5.41, 5.74) is 12.3. The number of nitrogens with zero attached hydrogens (tertiary/aromatic N) is 1. The summed E-state index contributed by atoms with van der Waals surface area (Å²) in [5, 5.41) is 0. The Labute approximate surface area is 239 Å². The first-order valence-corrected chi connectivity index (χ1v) is 13.0. The van der Waals surface area contributed by atoms with Gasteiger partial charge in [-0.2, -0.15) is 0 Å². The van der Waals surface area contributed by atoms with Crippen molar-refractivity contribution in [1.29, 1.82) is 0 Å². The minimum atomic E-state index is -2.69. The number of pyridine rings is 1. The Morgan fingerprint density at radius 3 is 1.89 bits per heavy atom. The van der Waals surface area contributed by atoms with Gasteiger partial charge in [0.25, 0.3) is 0 Å². The maximum atomic E-state index is 8.50. The van der Waals surface area contributed by atoms with Crippen molar-refractivity contribution < 1.29 is 16.9 Å². The molecule has 1 heterocycles. The molecule has 2 aliphatic rings. The number of aryl methyl sites for hydroxylation is 5. The van der Waals surface area contributed by atoms with E-state index < -0.39 is 20.6 Å². The molecule has 0 saturated heterocycles. The lowest BCUT2D eigenvalue weighted by Gasteiger charge is -2.20. The molecule has 0 atom stereocenters. The topological polar surface area (TPSA) is 3.88 Å². The van der Waals surface area contributed by atoms with Gasteiger partial charge < -0.3 is 0 Å². The molecule has 1 nitrogen and oxygen atoms in total. The highest BCUT2D eigenvalue weighted by Crippen LogP contribution is 2.53. The van der Waals surface area contributed by atoms with E-state index in [-0.39, 0.29) is 27.8 Å². The second-order valence-corrected chi connectivity index (χ2v) is 10.7. The van der Waals surface area contributed by atoms with Crippen LogP contribution in [0.1, 0.15) is 62.4 Å². The second kappa shape index (κ2) is 8.27. The maximum Gasteiger partial charge on any atom is 0.213 e. The number of fused-ring (bicyclic) bond motifs is 7. The highest BCUT2D eigenvalue weighted by molar-refractivity contribution is 5.99. The molecule has 1 aromatic heterocycles. The number of rotatable bonds is 2. The van der Waals surface area contributed by atoms with Crippen LogP contribution in [0.3, 0.4) is 0 Å². The quantitative estimate of drug-likeness (QED) is 0.209. The lowest BCUT2D eigenvalue weighted by atomic mass is 9.84. The molecule has 5 aromatic rings. The molecule has 2 aliphatic carbocycles. The van der Waals surface area contributed by atoms with E-state index in [9.17, 15) is 0 Å². The maximum absolute atomic E-state index is 8.50. The van der Waals surface area contributed by atoms with E-state index in [2.05, 4.69) is 43.3 Å². The Balaban J connectivity index is 1.63. The second-order valence-electron chi connectivity index (χ2n) is 10.7. The molecular weight excluding hydrogens is 458 g/mol. The molecule has 7 rings (SSSR count). The first-order valence-electron chi connectivity index (χ1n) is 17.5. The average Bonchev–Trinajstić information content (AvgIpc) is 3.55. The molecule has 0 aliphatic heterocycles. The summed E-state index contributed by atoms with van der Waals surface area (Å²) in [6.45, 7) is -4.28. The van der Waals surface area contributed by atoms with E-state index in [0.717, 1.165) is 35.1 Å². The number of hydrogen-bond donors (Lipinski definition) is 0. The van der Waals surface area contributed by atoms with Crippen molar-refractivity contribution in [3.63, 3.8) is 0 Å². The summed E-state index contributed by atoms with van der Waals surface area (Å²) < 4.78 is 77.8. The monoisotopic (exact) mass is 501 g/mol.